The fraction of sp³-hybridized carbons (Fsp3) is 0.550. The normalized spacial score (nSPS) is 32.0. The van der Waals surface area contributed by atoms with Crippen LogP contribution in [0.25, 0.3) is 0 Å². The molecular formula is C20H23N3O4. The summed E-state index contributed by atoms with van der Waals surface area (Å²) in [4.78, 5) is 43.1. The summed E-state index contributed by atoms with van der Waals surface area (Å²) in [5, 5.41) is 0. The molecule has 27 heavy (non-hydrogen) atoms. The van der Waals surface area contributed by atoms with Gasteiger partial charge in [-0.2, -0.15) is 0 Å². The number of fused-ring (bicyclic) bond motifs is 6. The molecule has 0 aliphatic carbocycles. The van der Waals surface area contributed by atoms with Crippen LogP contribution in [0.4, 0.5) is 5.69 Å². The van der Waals surface area contributed by atoms with Crippen molar-refractivity contribution in [3.8, 4) is 0 Å². The van der Waals surface area contributed by atoms with Crippen molar-refractivity contribution < 1.29 is 19.1 Å². The van der Waals surface area contributed by atoms with Crippen LogP contribution in [0.2, 0.25) is 0 Å². The number of hydrogen-bond donors (Lipinski definition) is 0. The highest BCUT2D eigenvalue weighted by Crippen LogP contribution is 2.47. The van der Waals surface area contributed by atoms with E-state index in [1.807, 2.05) is 4.90 Å². The molecule has 3 fully saturated rings. The highest BCUT2D eigenvalue weighted by molar-refractivity contribution is 6.10. The summed E-state index contributed by atoms with van der Waals surface area (Å²) >= 11 is 0. The van der Waals surface area contributed by atoms with Crippen molar-refractivity contribution in [1.82, 2.24) is 9.80 Å². The largest absolute Gasteiger partial charge is 0.374 e. The van der Waals surface area contributed by atoms with Gasteiger partial charge in [-0.05, 0) is 25.0 Å². The molecule has 5 rings (SSSR count). The van der Waals surface area contributed by atoms with E-state index in [2.05, 4.69) is 0 Å². The standard InChI is InChI=1S/C20H23N3O4/c1-21-15-5-3-2-4-12(15)20(26)23(10-18(21)24)11-19(25)22-8-13-14(9-22)17-7-6-16(13)27-17/h2-5,13-14,16-17H,6-11H2,1H3/t13-,14+,16+,17-. The Bertz CT molecular complexity index is 807. The van der Waals surface area contributed by atoms with E-state index >= 15 is 0 Å². The second-order valence-corrected chi connectivity index (χ2v) is 8.05. The predicted octanol–water partition coefficient (Wildman–Crippen LogP) is 0.741. The van der Waals surface area contributed by atoms with Crippen LogP contribution in [0.1, 0.15) is 23.2 Å². The van der Waals surface area contributed by atoms with Crippen molar-refractivity contribution in [2.24, 2.45) is 11.8 Å². The Morgan fingerprint density at radius 1 is 1.11 bits per heavy atom. The van der Waals surface area contributed by atoms with Gasteiger partial charge in [0.1, 0.15) is 13.1 Å². The summed E-state index contributed by atoms with van der Waals surface area (Å²) < 4.78 is 5.96. The minimum absolute atomic E-state index is 0.0532. The molecule has 0 unspecified atom stereocenters. The summed E-state index contributed by atoms with van der Waals surface area (Å²) in [6.07, 6.45) is 2.77. The van der Waals surface area contributed by atoms with E-state index in [1.54, 1.807) is 31.3 Å². The molecule has 0 radical (unpaired) electrons. The first-order valence-electron chi connectivity index (χ1n) is 9.61. The predicted molar refractivity (Wildman–Crippen MR) is 97.2 cm³/mol. The monoisotopic (exact) mass is 369 g/mol. The van der Waals surface area contributed by atoms with Crippen molar-refractivity contribution in [3.63, 3.8) is 0 Å². The molecule has 0 saturated carbocycles. The molecule has 4 heterocycles. The quantitative estimate of drug-likeness (QED) is 0.771. The lowest BCUT2D eigenvalue weighted by molar-refractivity contribution is -0.132. The summed E-state index contributed by atoms with van der Waals surface area (Å²) in [5.74, 6) is 0.333. The SMILES string of the molecule is CN1C(=O)CN(CC(=O)N2C[C@@H]3[C@H](C2)[C@H]2CC[C@@H]3O2)C(=O)c2ccccc21. The van der Waals surface area contributed by atoms with E-state index in [1.165, 1.54) is 9.80 Å². The summed E-state index contributed by atoms with van der Waals surface area (Å²) in [6, 6.07) is 7.04. The van der Waals surface area contributed by atoms with E-state index in [0.717, 1.165) is 12.8 Å². The summed E-state index contributed by atoms with van der Waals surface area (Å²) in [6.45, 7) is 1.28. The number of benzene rings is 1. The van der Waals surface area contributed by atoms with E-state index < -0.39 is 0 Å². The number of likely N-dealkylation sites (N-methyl/N-ethyl adjacent to an activating group) is 1. The molecule has 1 aromatic carbocycles. The first-order valence-corrected chi connectivity index (χ1v) is 9.61. The van der Waals surface area contributed by atoms with Crippen molar-refractivity contribution in [2.45, 2.75) is 25.0 Å². The number of para-hydroxylation sites is 1. The maximum Gasteiger partial charge on any atom is 0.256 e. The summed E-state index contributed by atoms with van der Waals surface area (Å²) in [5.41, 5.74) is 1.05. The van der Waals surface area contributed by atoms with Gasteiger partial charge in [0.25, 0.3) is 5.91 Å². The van der Waals surface area contributed by atoms with E-state index in [0.29, 0.717) is 48.4 Å². The number of carbonyl (C=O) groups is 3. The number of ether oxygens (including phenoxy) is 1. The van der Waals surface area contributed by atoms with Gasteiger partial charge in [0.2, 0.25) is 11.8 Å². The van der Waals surface area contributed by atoms with Crippen molar-refractivity contribution >= 4 is 23.4 Å². The first-order chi connectivity index (χ1) is 13.0. The number of carbonyl (C=O) groups excluding carboxylic acids is 3. The molecule has 0 aromatic heterocycles. The molecule has 4 aliphatic rings. The van der Waals surface area contributed by atoms with Gasteiger partial charge in [0.15, 0.2) is 0 Å². The Hall–Kier alpha value is -2.41. The van der Waals surface area contributed by atoms with E-state index in [4.69, 9.17) is 4.74 Å². The van der Waals surface area contributed by atoms with Crippen LogP contribution in [-0.4, -0.2) is 73.0 Å². The van der Waals surface area contributed by atoms with Gasteiger partial charge in [-0.1, -0.05) is 12.1 Å². The van der Waals surface area contributed by atoms with Gasteiger partial charge in [-0.25, -0.2) is 0 Å². The molecule has 142 valence electrons. The first kappa shape index (κ1) is 16.7. The Morgan fingerprint density at radius 2 is 1.78 bits per heavy atom. The third kappa shape index (κ3) is 2.56. The number of hydrogen-bond acceptors (Lipinski definition) is 4. The molecule has 3 saturated heterocycles. The number of nitrogens with zero attached hydrogens (tertiary/aromatic N) is 3. The van der Waals surface area contributed by atoms with E-state index in [-0.39, 0.29) is 30.8 Å². The molecule has 0 spiro atoms. The molecule has 7 heteroatoms. The lowest BCUT2D eigenvalue weighted by atomic mass is 9.82. The number of amides is 3. The van der Waals surface area contributed by atoms with Gasteiger partial charge >= 0.3 is 0 Å². The zero-order chi connectivity index (χ0) is 18.7. The maximum atomic E-state index is 12.9. The van der Waals surface area contributed by atoms with Crippen LogP contribution in [0.3, 0.4) is 0 Å². The molecule has 7 nitrogen and oxygen atoms in total. The zero-order valence-electron chi connectivity index (χ0n) is 15.3. The Kier molecular flexibility index (Phi) is 3.75. The fourth-order valence-electron chi connectivity index (χ4n) is 5.15. The second-order valence-electron chi connectivity index (χ2n) is 8.05. The molecule has 2 bridgehead atoms. The average molecular weight is 369 g/mol. The number of likely N-dealkylation sites (tertiary alicyclic amines) is 1. The van der Waals surface area contributed by atoms with Gasteiger partial charge in [-0.15, -0.1) is 0 Å². The summed E-state index contributed by atoms with van der Waals surface area (Å²) in [7, 11) is 1.66. The fourth-order valence-corrected chi connectivity index (χ4v) is 5.15. The van der Waals surface area contributed by atoms with Gasteiger partial charge < -0.3 is 19.4 Å². The van der Waals surface area contributed by atoms with Crippen LogP contribution >= 0.6 is 0 Å². The average Bonchev–Trinajstić information content (AvgIpc) is 3.37. The van der Waals surface area contributed by atoms with Gasteiger partial charge in [-0.3, -0.25) is 14.4 Å². The minimum atomic E-state index is -0.264. The smallest absolute Gasteiger partial charge is 0.256 e. The van der Waals surface area contributed by atoms with Gasteiger partial charge in [0, 0.05) is 32.0 Å². The van der Waals surface area contributed by atoms with Crippen LogP contribution in [-0.2, 0) is 14.3 Å². The topological polar surface area (TPSA) is 70.2 Å². The Labute approximate surface area is 157 Å². The molecule has 4 aliphatic heterocycles. The highest BCUT2D eigenvalue weighted by atomic mass is 16.5. The number of anilines is 1. The van der Waals surface area contributed by atoms with Crippen LogP contribution in [0.15, 0.2) is 24.3 Å². The second kappa shape index (κ2) is 6.05. The van der Waals surface area contributed by atoms with Crippen molar-refractivity contribution in [1.29, 1.82) is 0 Å². The van der Waals surface area contributed by atoms with Crippen LogP contribution in [0, 0.1) is 11.8 Å². The van der Waals surface area contributed by atoms with Crippen molar-refractivity contribution in [2.75, 3.05) is 38.1 Å². The van der Waals surface area contributed by atoms with Crippen LogP contribution < -0.4 is 4.90 Å². The highest BCUT2D eigenvalue weighted by Gasteiger charge is 2.53. The minimum Gasteiger partial charge on any atom is -0.374 e. The van der Waals surface area contributed by atoms with Gasteiger partial charge in [0.05, 0.1) is 23.5 Å². The zero-order valence-corrected chi connectivity index (χ0v) is 15.3. The maximum absolute atomic E-state index is 12.9. The third-order valence-electron chi connectivity index (χ3n) is 6.61. The lowest BCUT2D eigenvalue weighted by Gasteiger charge is -2.24. The number of rotatable bonds is 2. The van der Waals surface area contributed by atoms with Crippen LogP contribution in [0.5, 0.6) is 0 Å². The van der Waals surface area contributed by atoms with Crippen molar-refractivity contribution in [3.05, 3.63) is 29.8 Å². The third-order valence-corrected chi connectivity index (χ3v) is 6.61. The Morgan fingerprint density at radius 3 is 2.48 bits per heavy atom. The molecule has 0 N–H and O–H groups in total. The molecule has 1 aromatic rings. The molecule has 4 atom stereocenters. The molecular weight excluding hydrogens is 346 g/mol. The van der Waals surface area contributed by atoms with E-state index in [9.17, 15) is 14.4 Å². The lowest BCUT2D eigenvalue weighted by Crippen LogP contribution is -2.45. The molecule has 3 amide bonds. The Balaban J connectivity index is 1.33.